The van der Waals surface area contributed by atoms with Crippen molar-refractivity contribution in [1.29, 1.82) is 0 Å². The second-order valence-corrected chi connectivity index (χ2v) is 3.79. The Labute approximate surface area is 89.1 Å². The molecular weight excluding hydrogens is 201 g/mol. The molecule has 1 aromatic rings. The molecule has 1 rings (SSSR count). The molecule has 0 amide bonds. The van der Waals surface area contributed by atoms with Gasteiger partial charge in [0, 0.05) is 16.6 Å². The van der Waals surface area contributed by atoms with Gasteiger partial charge in [-0.2, -0.15) is 0 Å². The monoisotopic (exact) mass is 215 g/mol. The standard InChI is InChI=1S/C11H15ClFN/c1-2-3-7-10(14)11-8(12)5-4-6-9(11)13/h4-6,10H,2-3,7,14H2,1H3/t10-/m1/s1. The molecule has 0 aliphatic carbocycles. The highest BCUT2D eigenvalue weighted by atomic mass is 35.5. The van der Waals surface area contributed by atoms with Gasteiger partial charge in [0.2, 0.25) is 0 Å². The quantitative estimate of drug-likeness (QED) is 0.815. The molecule has 0 heterocycles. The predicted molar refractivity (Wildman–Crippen MR) is 57.9 cm³/mol. The van der Waals surface area contributed by atoms with E-state index < -0.39 is 0 Å². The van der Waals surface area contributed by atoms with Gasteiger partial charge in [-0.15, -0.1) is 0 Å². The molecule has 14 heavy (non-hydrogen) atoms. The first-order valence-electron chi connectivity index (χ1n) is 4.86. The summed E-state index contributed by atoms with van der Waals surface area (Å²) in [5.74, 6) is -0.305. The molecule has 78 valence electrons. The Morgan fingerprint density at radius 2 is 2.21 bits per heavy atom. The fourth-order valence-electron chi connectivity index (χ4n) is 1.43. The average molecular weight is 216 g/mol. The second-order valence-electron chi connectivity index (χ2n) is 3.38. The summed E-state index contributed by atoms with van der Waals surface area (Å²) < 4.78 is 13.4. The molecule has 0 saturated carbocycles. The molecule has 0 aliphatic rings. The van der Waals surface area contributed by atoms with Crippen molar-refractivity contribution in [3.8, 4) is 0 Å². The van der Waals surface area contributed by atoms with E-state index in [1.165, 1.54) is 6.07 Å². The van der Waals surface area contributed by atoms with Crippen molar-refractivity contribution in [1.82, 2.24) is 0 Å². The van der Waals surface area contributed by atoms with E-state index in [0.29, 0.717) is 10.6 Å². The highest BCUT2D eigenvalue weighted by Crippen LogP contribution is 2.27. The summed E-state index contributed by atoms with van der Waals surface area (Å²) in [5.41, 5.74) is 6.31. The lowest BCUT2D eigenvalue weighted by atomic mass is 10.0. The van der Waals surface area contributed by atoms with Gasteiger partial charge in [-0.3, -0.25) is 0 Å². The third-order valence-electron chi connectivity index (χ3n) is 2.24. The zero-order chi connectivity index (χ0) is 10.6. The van der Waals surface area contributed by atoms with Gasteiger partial charge < -0.3 is 5.73 Å². The van der Waals surface area contributed by atoms with E-state index in [1.807, 2.05) is 0 Å². The van der Waals surface area contributed by atoms with Crippen LogP contribution < -0.4 is 5.73 Å². The lowest BCUT2D eigenvalue weighted by molar-refractivity contribution is 0.548. The van der Waals surface area contributed by atoms with Gasteiger partial charge in [-0.05, 0) is 18.6 Å². The van der Waals surface area contributed by atoms with E-state index >= 15 is 0 Å². The smallest absolute Gasteiger partial charge is 0.129 e. The third kappa shape index (κ3) is 2.69. The van der Waals surface area contributed by atoms with Crippen molar-refractivity contribution in [2.45, 2.75) is 32.2 Å². The number of benzene rings is 1. The number of hydrogen-bond donors (Lipinski definition) is 1. The van der Waals surface area contributed by atoms with Crippen molar-refractivity contribution in [2.24, 2.45) is 5.73 Å². The topological polar surface area (TPSA) is 26.0 Å². The van der Waals surface area contributed by atoms with Crippen LogP contribution in [0, 0.1) is 5.82 Å². The van der Waals surface area contributed by atoms with Crippen LogP contribution in [0.5, 0.6) is 0 Å². The van der Waals surface area contributed by atoms with Crippen LogP contribution in [-0.2, 0) is 0 Å². The maximum Gasteiger partial charge on any atom is 0.129 e. The van der Waals surface area contributed by atoms with Crippen molar-refractivity contribution in [2.75, 3.05) is 0 Å². The lowest BCUT2D eigenvalue weighted by Gasteiger charge is -2.13. The molecule has 0 unspecified atom stereocenters. The van der Waals surface area contributed by atoms with Crippen LogP contribution in [0.1, 0.15) is 37.8 Å². The largest absolute Gasteiger partial charge is 0.324 e. The zero-order valence-corrected chi connectivity index (χ0v) is 9.02. The number of halogens is 2. The van der Waals surface area contributed by atoms with Crippen molar-refractivity contribution in [3.05, 3.63) is 34.6 Å². The van der Waals surface area contributed by atoms with E-state index in [2.05, 4.69) is 6.92 Å². The second kappa shape index (κ2) is 5.32. The Balaban J connectivity index is 2.82. The first kappa shape index (κ1) is 11.5. The van der Waals surface area contributed by atoms with Gasteiger partial charge in [0.15, 0.2) is 0 Å². The van der Waals surface area contributed by atoms with Crippen molar-refractivity contribution in [3.63, 3.8) is 0 Å². The fourth-order valence-corrected chi connectivity index (χ4v) is 1.74. The molecule has 0 saturated heterocycles. The molecular formula is C11H15ClFN. The summed E-state index contributed by atoms with van der Waals surface area (Å²) in [6, 6.07) is 4.37. The van der Waals surface area contributed by atoms with Crippen LogP contribution >= 0.6 is 11.6 Å². The maximum atomic E-state index is 13.4. The minimum Gasteiger partial charge on any atom is -0.324 e. The highest BCUT2D eigenvalue weighted by Gasteiger charge is 2.14. The Hall–Kier alpha value is -0.600. The molecule has 0 fully saturated rings. The van der Waals surface area contributed by atoms with Gasteiger partial charge in [0.1, 0.15) is 5.82 Å². The summed E-state index contributed by atoms with van der Waals surface area (Å²) >= 11 is 5.88. The summed E-state index contributed by atoms with van der Waals surface area (Å²) in [4.78, 5) is 0. The predicted octanol–water partition coefficient (Wildman–Crippen LogP) is 3.67. The van der Waals surface area contributed by atoms with Gasteiger partial charge in [-0.1, -0.05) is 37.4 Å². The van der Waals surface area contributed by atoms with Crippen molar-refractivity contribution < 1.29 is 4.39 Å². The molecule has 0 bridgehead atoms. The average Bonchev–Trinajstić information content (AvgIpc) is 2.14. The lowest BCUT2D eigenvalue weighted by Crippen LogP contribution is -2.12. The zero-order valence-electron chi connectivity index (χ0n) is 8.26. The van der Waals surface area contributed by atoms with E-state index in [-0.39, 0.29) is 11.9 Å². The van der Waals surface area contributed by atoms with E-state index in [0.717, 1.165) is 19.3 Å². The summed E-state index contributed by atoms with van der Waals surface area (Å²) in [6.07, 6.45) is 2.82. The van der Waals surface area contributed by atoms with Gasteiger partial charge in [0.25, 0.3) is 0 Å². The molecule has 1 atom stereocenters. The SMILES string of the molecule is CCCC[C@@H](N)c1c(F)cccc1Cl. The number of unbranched alkanes of at least 4 members (excludes halogenated alkanes) is 1. The fraction of sp³-hybridized carbons (Fsp3) is 0.455. The molecule has 0 aromatic heterocycles. The summed E-state index contributed by atoms with van der Waals surface area (Å²) in [7, 11) is 0. The third-order valence-corrected chi connectivity index (χ3v) is 2.57. The molecule has 1 aromatic carbocycles. The number of hydrogen-bond acceptors (Lipinski definition) is 1. The maximum absolute atomic E-state index is 13.4. The molecule has 1 nitrogen and oxygen atoms in total. The van der Waals surface area contributed by atoms with Crippen LogP contribution in [-0.4, -0.2) is 0 Å². The Kier molecular flexibility index (Phi) is 4.36. The Morgan fingerprint density at radius 1 is 1.50 bits per heavy atom. The molecule has 0 radical (unpaired) electrons. The van der Waals surface area contributed by atoms with Crippen LogP contribution in [0.25, 0.3) is 0 Å². The van der Waals surface area contributed by atoms with Crippen molar-refractivity contribution >= 4 is 11.6 Å². The molecule has 0 aliphatic heterocycles. The highest BCUT2D eigenvalue weighted by molar-refractivity contribution is 6.31. The molecule has 3 heteroatoms. The normalized spacial score (nSPS) is 12.9. The minimum atomic E-state index is -0.305. The summed E-state index contributed by atoms with van der Waals surface area (Å²) in [6.45, 7) is 2.08. The first-order chi connectivity index (χ1) is 6.66. The summed E-state index contributed by atoms with van der Waals surface area (Å²) in [5, 5.41) is 0.425. The molecule has 0 spiro atoms. The number of rotatable bonds is 4. The van der Waals surface area contributed by atoms with Crippen LogP contribution in [0.3, 0.4) is 0 Å². The van der Waals surface area contributed by atoms with E-state index in [4.69, 9.17) is 17.3 Å². The van der Waals surface area contributed by atoms with E-state index in [1.54, 1.807) is 12.1 Å². The van der Waals surface area contributed by atoms with Gasteiger partial charge >= 0.3 is 0 Å². The number of nitrogens with two attached hydrogens (primary N) is 1. The van der Waals surface area contributed by atoms with Gasteiger partial charge in [0.05, 0.1) is 0 Å². The van der Waals surface area contributed by atoms with Gasteiger partial charge in [-0.25, -0.2) is 4.39 Å². The van der Waals surface area contributed by atoms with E-state index in [9.17, 15) is 4.39 Å². The first-order valence-corrected chi connectivity index (χ1v) is 5.24. The minimum absolute atomic E-state index is 0.288. The Bertz CT molecular complexity index is 281. The molecule has 2 N–H and O–H groups in total. The van der Waals surface area contributed by atoms with Crippen LogP contribution in [0.2, 0.25) is 5.02 Å². The van der Waals surface area contributed by atoms with Crippen LogP contribution in [0.4, 0.5) is 4.39 Å². The Morgan fingerprint density at radius 3 is 2.79 bits per heavy atom. The van der Waals surface area contributed by atoms with Crippen LogP contribution in [0.15, 0.2) is 18.2 Å².